The van der Waals surface area contributed by atoms with Crippen LogP contribution >= 0.6 is 0 Å². The van der Waals surface area contributed by atoms with Gasteiger partial charge in [0, 0.05) is 0 Å². The van der Waals surface area contributed by atoms with E-state index < -0.39 is 0 Å². The highest BCUT2D eigenvalue weighted by atomic mass is 35.5. The summed E-state index contributed by atoms with van der Waals surface area (Å²) >= 11 is 0. The summed E-state index contributed by atoms with van der Waals surface area (Å²) in [5.41, 5.74) is 0. The lowest BCUT2D eigenvalue weighted by molar-refractivity contribution is -0.858. The number of hydrogen-bond acceptors (Lipinski definition) is 0. The molecule has 1 N–H and O–H groups in total. The number of hydrogen-bond donors (Lipinski definition) is 1. The minimum Gasteiger partial charge on any atom is -1.00 e. The maximum Gasteiger partial charge on any atom is 0.0766 e. The van der Waals surface area contributed by atoms with Crippen LogP contribution < -0.4 is 29.7 Å². The smallest absolute Gasteiger partial charge is 0.0766 e. The van der Waals surface area contributed by atoms with Crippen molar-refractivity contribution < 1.29 is 29.7 Å². The molecule has 0 aromatic heterocycles. The maximum absolute atomic E-state index is 2.29. The molecule has 0 aliphatic rings. The standard InChI is InChI=1S/C17H37N.2ClH/c1-4-5-6-7-8-9-10-11-12-13-14-15-16-17-18(2)3;;/h4-17H2,1-3H3;2*1H/p-1. The van der Waals surface area contributed by atoms with Crippen LogP contribution in [0, 0.1) is 0 Å². The number of unbranched alkanes of at least 4 members (excludes halogenated alkanes) is 12. The molecule has 0 fully saturated rings. The van der Waals surface area contributed by atoms with E-state index >= 15 is 0 Å². The van der Waals surface area contributed by atoms with Crippen molar-refractivity contribution >= 4 is 0 Å². The fraction of sp³-hybridized carbons (Fsp3) is 1.00. The Bertz CT molecular complexity index is 152. The molecular formula is C17H38Cl2N-. The van der Waals surface area contributed by atoms with Crippen LogP contribution in [0.4, 0.5) is 0 Å². The van der Waals surface area contributed by atoms with Crippen molar-refractivity contribution in [2.24, 2.45) is 0 Å². The van der Waals surface area contributed by atoms with Gasteiger partial charge in [0.2, 0.25) is 0 Å². The van der Waals surface area contributed by atoms with Gasteiger partial charge in [-0.1, -0.05) is 77.6 Å². The first-order valence-corrected chi connectivity index (χ1v) is 8.56. The summed E-state index contributed by atoms with van der Waals surface area (Å²) in [5.74, 6) is 0. The Morgan fingerprint density at radius 2 is 0.800 bits per heavy atom. The molecule has 20 heavy (non-hydrogen) atoms. The van der Waals surface area contributed by atoms with Crippen molar-refractivity contribution in [3.05, 3.63) is 0 Å². The third-order valence-corrected chi connectivity index (χ3v) is 3.78. The number of nitrogens with one attached hydrogen (secondary N) is 1. The molecule has 126 valence electrons. The Morgan fingerprint density at radius 1 is 0.500 bits per heavy atom. The molecule has 0 unspecified atom stereocenters. The van der Waals surface area contributed by atoms with Gasteiger partial charge in [-0.05, 0) is 12.8 Å². The number of rotatable bonds is 14. The molecule has 0 aliphatic carbocycles. The molecule has 0 heterocycles. The van der Waals surface area contributed by atoms with Crippen molar-refractivity contribution in [1.82, 2.24) is 0 Å². The molecule has 0 aromatic carbocycles. The van der Waals surface area contributed by atoms with Gasteiger partial charge in [-0.25, -0.2) is 0 Å². The van der Waals surface area contributed by atoms with Gasteiger partial charge >= 0.3 is 0 Å². The lowest BCUT2D eigenvalue weighted by Crippen LogP contribution is -3.05. The first-order chi connectivity index (χ1) is 8.77. The van der Waals surface area contributed by atoms with Crippen LogP contribution in [0.25, 0.3) is 0 Å². The van der Waals surface area contributed by atoms with Gasteiger partial charge in [-0.15, -0.1) is 0 Å². The van der Waals surface area contributed by atoms with Gasteiger partial charge in [0.1, 0.15) is 0 Å². The molecular weight excluding hydrogens is 289 g/mol. The Labute approximate surface area is 141 Å². The third-order valence-electron chi connectivity index (χ3n) is 3.78. The van der Waals surface area contributed by atoms with Crippen LogP contribution in [0.2, 0.25) is 0 Å². The van der Waals surface area contributed by atoms with E-state index in [-0.39, 0.29) is 24.8 Å². The fourth-order valence-corrected chi connectivity index (χ4v) is 2.50. The highest BCUT2D eigenvalue weighted by molar-refractivity contribution is 4.48. The Kier molecular flexibility index (Phi) is 27.8. The Balaban J connectivity index is -0.00000144. The molecule has 0 saturated heterocycles. The maximum atomic E-state index is 2.29. The zero-order valence-corrected chi connectivity index (χ0v) is 15.7. The average molecular weight is 327 g/mol. The molecule has 1 nitrogen and oxygen atoms in total. The van der Waals surface area contributed by atoms with E-state index in [9.17, 15) is 0 Å². The van der Waals surface area contributed by atoms with E-state index in [1.807, 2.05) is 0 Å². The second kappa shape index (κ2) is 21.8. The number of halogens is 2. The summed E-state index contributed by atoms with van der Waals surface area (Å²) in [4.78, 5) is 1.60. The lowest BCUT2D eigenvalue weighted by Gasteiger charge is -2.06. The summed E-state index contributed by atoms with van der Waals surface area (Å²) in [6.45, 7) is 3.64. The summed E-state index contributed by atoms with van der Waals surface area (Å²) in [6, 6.07) is 0. The largest absolute Gasteiger partial charge is 1.00 e. The Morgan fingerprint density at radius 3 is 1.10 bits per heavy atom. The number of quaternary nitrogens is 1. The Hall–Kier alpha value is 0.540. The SMILES string of the molecule is CCCCCCCCCCCCCCC[NH+](C)C.[Cl-].[Cl-]. The lowest BCUT2D eigenvalue weighted by atomic mass is 10.0. The van der Waals surface area contributed by atoms with Crippen LogP contribution in [0.1, 0.15) is 90.4 Å². The first-order valence-electron chi connectivity index (χ1n) is 8.56. The van der Waals surface area contributed by atoms with Crippen molar-refractivity contribution in [2.45, 2.75) is 90.4 Å². The molecule has 0 aromatic rings. The molecule has 0 rings (SSSR count). The minimum atomic E-state index is 0. The van der Waals surface area contributed by atoms with E-state index in [0.29, 0.717) is 0 Å². The van der Waals surface area contributed by atoms with E-state index in [2.05, 4.69) is 21.0 Å². The van der Waals surface area contributed by atoms with Gasteiger partial charge in [-0.2, -0.15) is 0 Å². The molecule has 0 bridgehead atoms. The zero-order chi connectivity index (χ0) is 13.5. The van der Waals surface area contributed by atoms with Gasteiger partial charge in [0.05, 0.1) is 20.6 Å². The molecule has 0 aliphatic heterocycles. The third kappa shape index (κ3) is 23.6. The van der Waals surface area contributed by atoms with E-state index in [1.165, 1.54) is 90.0 Å². The van der Waals surface area contributed by atoms with Gasteiger partial charge in [0.15, 0.2) is 0 Å². The highest BCUT2D eigenvalue weighted by Gasteiger charge is 1.95. The summed E-state index contributed by atoms with van der Waals surface area (Å²) in [6.07, 6.45) is 18.9. The van der Waals surface area contributed by atoms with E-state index in [0.717, 1.165) is 0 Å². The highest BCUT2D eigenvalue weighted by Crippen LogP contribution is 2.12. The monoisotopic (exact) mass is 326 g/mol. The van der Waals surface area contributed by atoms with Crippen LogP contribution in [0.3, 0.4) is 0 Å². The molecule has 0 radical (unpaired) electrons. The second-order valence-corrected chi connectivity index (χ2v) is 6.20. The van der Waals surface area contributed by atoms with Crippen LogP contribution in [-0.4, -0.2) is 20.6 Å². The van der Waals surface area contributed by atoms with Crippen LogP contribution in [-0.2, 0) is 0 Å². The molecule has 0 atom stereocenters. The van der Waals surface area contributed by atoms with Gasteiger partial charge < -0.3 is 29.7 Å². The van der Waals surface area contributed by atoms with Crippen molar-refractivity contribution in [3.8, 4) is 0 Å². The molecule has 0 amide bonds. The zero-order valence-electron chi connectivity index (χ0n) is 14.2. The average Bonchev–Trinajstić information content (AvgIpc) is 2.34. The van der Waals surface area contributed by atoms with Crippen LogP contribution in [0.5, 0.6) is 0 Å². The molecule has 0 saturated carbocycles. The van der Waals surface area contributed by atoms with Crippen molar-refractivity contribution in [1.29, 1.82) is 0 Å². The quantitative estimate of drug-likeness (QED) is 0.360. The van der Waals surface area contributed by atoms with Crippen molar-refractivity contribution in [3.63, 3.8) is 0 Å². The fourth-order valence-electron chi connectivity index (χ4n) is 2.50. The second-order valence-electron chi connectivity index (χ2n) is 6.20. The summed E-state index contributed by atoms with van der Waals surface area (Å²) in [5, 5.41) is 0. The van der Waals surface area contributed by atoms with Crippen LogP contribution in [0.15, 0.2) is 0 Å². The predicted octanol–water partition coefficient (Wildman–Crippen LogP) is -1.77. The first kappa shape index (κ1) is 25.5. The minimum absolute atomic E-state index is 0. The van der Waals surface area contributed by atoms with E-state index in [1.54, 1.807) is 4.90 Å². The normalized spacial score (nSPS) is 10.2. The van der Waals surface area contributed by atoms with Gasteiger partial charge in [0.25, 0.3) is 0 Å². The van der Waals surface area contributed by atoms with Crippen molar-refractivity contribution in [2.75, 3.05) is 20.6 Å². The predicted molar refractivity (Wildman–Crippen MR) is 83.4 cm³/mol. The summed E-state index contributed by atoms with van der Waals surface area (Å²) in [7, 11) is 4.50. The molecule has 0 spiro atoms. The molecule has 3 heteroatoms. The van der Waals surface area contributed by atoms with E-state index in [4.69, 9.17) is 0 Å². The van der Waals surface area contributed by atoms with Gasteiger partial charge in [-0.3, -0.25) is 0 Å². The topological polar surface area (TPSA) is 4.44 Å². The summed E-state index contributed by atoms with van der Waals surface area (Å²) < 4.78 is 0.